The Morgan fingerprint density at radius 2 is 2.14 bits per heavy atom. The van der Waals surface area contributed by atoms with Crippen molar-refractivity contribution >= 4 is 28.7 Å². The molecule has 2 fully saturated rings. The number of aliphatic hydroxyl groups excluding tert-OH is 2. The first-order valence-corrected chi connectivity index (χ1v) is 8.13. The first-order chi connectivity index (χ1) is 9.90. The van der Waals surface area contributed by atoms with Gasteiger partial charge in [0.15, 0.2) is 0 Å². The summed E-state index contributed by atoms with van der Waals surface area (Å²) in [4.78, 5) is 2.06. The summed E-state index contributed by atoms with van der Waals surface area (Å²) in [5.41, 5.74) is 6.26. The van der Waals surface area contributed by atoms with Crippen molar-refractivity contribution in [2.45, 2.75) is 51.2 Å². The number of hydrogen-bond acceptors (Lipinski definition) is 6. The predicted molar refractivity (Wildman–Crippen MR) is 87.5 cm³/mol. The first kappa shape index (κ1) is 16.8. The molecule has 0 amide bonds. The Bertz CT molecular complexity index is 445. The van der Waals surface area contributed by atoms with Crippen molar-refractivity contribution in [3.63, 3.8) is 0 Å². The molecule has 1 aliphatic carbocycles. The molecule has 1 saturated heterocycles. The highest BCUT2D eigenvalue weighted by atomic mass is 127. The van der Waals surface area contributed by atoms with Gasteiger partial charge in [0.05, 0.1) is 35.6 Å². The molecule has 0 aromatic carbocycles. The summed E-state index contributed by atoms with van der Waals surface area (Å²) in [5.74, 6) is 1.27. The van der Waals surface area contributed by atoms with Gasteiger partial charge in [0, 0.05) is 18.0 Å². The number of nitrogens with one attached hydrogen (secondary N) is 2. The van der Waals surface area contributed by atoms with E-state index in [0.717, 1.165) is 12.2 Å². The molecule has 8 heteroatoms. The number of ether oxygens (including phenoxy) is 1. The Morgan fingerprint density at radius 3 is 2.52 bits per heavy atom. The molecule has 0 bridgehead atoms. The van der Waals surface area contributed by atoms with Crippen molar-refractivity contribution in [2.75, 3.05) is 6.61 Å². The van der Waals surface area contributed by atoms with Crippen molar-refractivity contribution in [1.82, 2.24) is 8.43 Å². The van der Waals surface area contributed by atoms with Crippen LogP contribution in [-0.4, -0.2) is 52.0 Å². The van der Waals surface area contributed by atoms with E-state index in [1.54, 1.807) is 6.92 Å². The Hall–Kier alpha value is -0.580. The zero-order chi connectivity index (χ0) is 15.7. The summed E-state index contributed by atoms with van der Waals surface area (Å²) in [5, 5.41) is 26.9. The molecule has 0 aromatic rings. The molecule has 1 heterocycles. The predicted octanol–water partition coefficient (Wildman–Crippen LogP) is 0.272. The van der Waals surface area contributed by atoms with Crippen LogP contribution in [0.2, 0.25) is 0 Å². The lowest BCUT2D eigenvalue weighted by Gasteiger charge is -2.33. The number of nitrogens with zero attached hydrogens (tertiary/aromatic N) is 1. The number of rotatable bonds is 6. The van der Waals surface area contributed by atoms with Gasteiger partial charge in [-0.2, -0.15) is 0 Å². The Labute approximate surface area is 138 Å². The minimum absolute atomic E-state index is 0.00437. The molecular weight excluding hydrogens is 387 g/mol. The third-order valence-electron chi connectivity index (χ3n) is 4.23. The van der Waals surface area contributed by atoms with Gasteiger partial charge in [0.1, 0.15) is 24.0 Å². The SMILES string of the molecule is C/C(C(=N)N)=C(/NI)N(C1CC1C)[C@H]1CC(O)[C@@H](CO)O1. The van der Waals surface area contributed by atoms with E-state index >= 15 is 0 Å². The van der Waals surface area contributed by atoms with Crippen LogP contribution in [0.15, 0.2) is 11.4 Å². The fraction of sp³-hybridized carbons (Fsp3) is 0.769. The lowest BCUT2D eigenvalue weighted by atomic mass is 10.1. The van der Waals surface area contributed by atoms with Crippen LogP contribution < -0.4 is 9.26 Å². The highest BCUT2D eigenvalue weighted by Crippen LogP contribution is 2.41. The summed E-state index contributed by atoms with van der Waals surface area (Å²) in [6.45, 7) is 3.74. The van der Waals surface area contributed by atoms with Gasteiger partial charge in [-0.15, -0.1) is 0 Å². The van der Waals surface area contributed by atoms with Crippen molar-refractivity contribution < 1.29 is 14.9 Å². The van der Waals surface area contributed by atoms with Gasteiger partial charge in [0.2, 0.25) is 0 Å². The monoisotopic (exact) mass is 410 g/mol. The van der Waals surface area contributed by atoms with Gasteiger partial charge in [0.25, 0.3) is 0 Å². The summed E-state index contributed by atoms with van der Waals surface area (Å²) in [6, 6.07) is 0.297. The Balaban J connectivity index is 2.27. The molecule has 0 aromatic heterocycles. The summed E-state index contributed by atoms with van der Waals surface area (Å²) >= 11 is 2.02. The zero-order valence-corrected chi connectivity index (χ0v) is 14.4. The smallest absolute Gasteiger partial charge is 0.134 e. The number of amidine groups is 1. The van der Waals surface area contributed by atoms with Crippen LogP contribution >= 0.6 is 22.9 Å². The molecule has 1 saturated carbocycles. The van der Waals surface area contributed by atoms with Crippen molar-refractivity contribution in [2.24, 2.45) is 11.7 Å². The first-order valence-electron chi connectivity index (χ1n) is 7.05. The lowest BCUT2D eigenvalue weighted by Crippen LogP contribution is -2.42. The molecule has 7 nitrogen and oxygen atoms in total. The van der Waals surface area contributed by atoms with E-state index in [0.29, 0.717) is 24.0 Å². The highest BCUT2D eigenvalue weighted by molar-refractivity contribution is 14.1. The molecule has 120 valence electrons. The fourth-order valence-electron chi connectivity index (χ4n) is 2.70. The van der Waals surface area contributed by atoms with Gasteiger partial charge in [-0.1, -0.05) is 6.92 Å². The summed E-state index contributed by atoms with van der Waals surface area (Å²) in [7, 11) is 0. The molecule has 21 heavy (non-hydrogen) atoms. The molecule has 1 aliphatic heterocycles. The molecular formula is C13H23IN4O3. The maximum absolute atomic E-state index is 9.96. The van der Waals surface area contributed by atoms with Crippen LogP contribution in [0.1, 0.15) is 26.7 Å². The largest absolute Gasteiger partial charge is 0.394 e. The lowest BCUT2D eigenvalue weighted by molar-refractivity contribution is -0.0722. The maximum atomic E-state index is 9.96. The molecule has 6 N–H and O–H groups in total. The van der Waals surface area contributed by atoms with E-state index in [4.69, 9.17) is 15.9 Å². The minimum Gasteiger partial charge on any atom is -0.394 e. The van der Waals surface area contributed by atoms with Crippen LogP contribution in [-0.2, 0) is 4.74 Å². The fourth-order valence-corrected chi connectivity index (χ4v) is 3.39. The minimum atomic E-state index is -0.676. The summed E-state index contributed by atoms with van der Waals surface area (Å²) < 4.78 is 8.86. The Morgan fingerprint density at radius 1 is 1.52 bits per heavy atom. The quantitative estimate of drug-likeness (QED) is 0.186. The maximum Gasteiger partial charge on any atom is 0.134 e. The topological polar surface area (TPSA) is 115 Å². The normalized spacial score (nSPS) is 36.1. The molecule has 3 unspecified atom stereocenters. The molecule has 5 atom stereocenters. The van der Waals surface area contributed by atoms with Crippen LogP contribution in [0.5, 0.6) is 0 Å². The van der Waals surface area contributed by atoms with Gasteiger partial charge in [-0.05, 0) is 19.3 Å². The van der Waals surface area contributed by atoms with Crippen LogP contribution in [0.4, 0.5) is 0 Å². The van der Waals surface area contributed by atoms with E-state index in [1.807, 2.05) is 22.9 Å². The molecule has 2 rings (SSSR count). The van der Waals surface area contributed by atoms with Crippen molar-refractivity contribution in [3.05, 3.63) is 11.4 Å². The van der Waals surface area contributed by atoms with Gasteiger partial charge in [-0.25, -0.2) is 0 Å². The van der Waals surface area contributed by atoms with Gasteiger partial charge in [-0.3, -0.25) is 5.41 Å². The molecule has 0 spiro atoms. The highest BCUT2D eigenvalue weighted by Gasteiger charge is 2.47. The molecule has 2 aliphatic rings. The van der Waals surface area contributed by atoms with Crippen LogP contribution in [0.3, 0.4) is 0 Å². The van der Waals surface area contributed by atoms with Crippen molar-refractivity contribution in [3.8, 4) is 0 Å². The standard InChI is InChI=1S/C13H23IN4O3/c1-6-3-8(6)18(13(17-14)7(2)12(15)16)11-4-9(20)10(5-19)21-11/h6,8-11,17,19-20H,3-5H2,1-2H3,(H3,15,16)/b13-7+/t6?,8?,9?,10-,11-/m1/s1. The van der Waals surface area contributed by atoms with E-state index < -0.39 is 12.2 Å². The number of hydrogen-bond donors (Lipinski definition) is 5. The second-order valence-corrected chi connectivity index (χ2v) is 6.32. The molecule has 0 radical (unpaired) electrons. The zero-order valence-electron chi connectivity index (χ0n) is 12.2. The number of halogens is 1. The third kappa shape index (κ3) is 3.43. The van der Waals surface area contributed by atoms with Gasteiger partial charge < -0.3 is 29.1 Å². The van der Waals surface area contributed by atoms with E-state index in [9.17, 15) is 10.2 Å². The Kier molecular flexibility index (Phi) is 5.33. The van der Waals surface area contributed by atoms with Crippen molar-refractivity contribution in [1.29, 1.82) is 5.41 Å². The third-order valence-corrected chi connectivity index (χ3v) is 4.74. The van der Waals surface area contributed by atoms with Gasteiger partial charge >= 0.3 is 0 Å². The van der Waals surface area contributed by atoms with Crippen LogP contribution in [0, 0.1) is 11.3 Å². The van der Waals surface area contributed by atoms with E-state index in [2.05, 4.69) is 15.4 Å². The number of nitrogens with two attached hydrogens (primary N) is 1. The van der Waals surface area contributed by atoms with E-state index in [1.165, 1.54) is 0 Å². The average molecular weight is 410 g/mol. The second-order valence-electron chi connectivity index (χ2n) is 5.78. The average Bonchev–Trinajstić information content (AvgIpc) is 3.03. The second kappa shape index (κ2) is 6.67. The number of aliphatic hydroxyl groups is 2. The van der Waals surface area contributed by atoms with Crippen LogP contribution in [0.25, 0.3) is 0 Å². The van der Waals surface area contributed by atoms with E-state index in [-0.39, 0.29) is 18.7 Å². The summed E-state index contributed by atoms with van der Waals surface area (Å²) in [6.07, 6.45) is -0.0863.